The summed E-state index contributed by atoms with van der Waals surface area (Å²) in [6.07, 6.45) is 3.10. The SMILES string of the molecule is CC(C)=Cc1oc2ccc(Cl)c3c2c1CN(C)CC3.Cl. The number of hydrogen-bond donors (Lipinski definition) is 0. The maximum Gasteiger partial charge on any atom is 0.135 e. The maximum atomic E-state index is 6.37. The molecule has 2 aromatic rings. The molecule has 108 valence electrons. The van der Waals surface area contributed by atoms with Gasteiger partial charge in [-0.2, -0.15) is 0 Å². The lowest BCUT2D eigenvalue weighted by molar-refractivity contribution is 0.334. The minimum atomic E-state index is 0. The summed E-state index contributed by atoms with van der Waals surface area (Å²) < 4.78 is 6.02. The largest absolute Gasteiger partial charge is 0.456 e. The van der Waals surface area contributed by atoms with Crippen LogP contribution in [0.25, 0.3) is 17.0 Å². The van der Waals surface area contributed by atoms with Crippen LogP contribution in [-0.4, -0.2) is 18.5 Å². The van der Waals surface area contributed by atoms with E-state index in [9.17, 15) is 0 Å². The Hall–Kier alpha value is -0.960. The van der Waals surface area contributed by atoms with E-state index in [1.54, 1.807) is 0 Å². The van der Waals surface area contributed by atoms with Crippen LogP contribution >= 0.6 is 24.0 Å². The molecule has 0 unspecified atom stereocenters. The normalized spacial score (nSPS) is 14.8. The van der Waals surface area contributed by atoms with E-state index >= 15 is 0 Å². The first kappa shape index (κ1) is 15.4. The molecular formula is C16H19Cl2NO. The van der Waals surface area contributed by atoms with Crippen molar-refractivity contribution in [1.82, 2.24) is 4.90 Å². The highest BCUT2D eigenvalue weighted by molar-refractivity contribution is 6.32. The average Bonchev–Trinajstić information content (AvgIpc) is 2.55. The van der Waals surface area contributed by atoms with Gasteiger partial charge in [-0.1, -0.05) is 17.2 Å². The number of benzene rings is 1. The number of likely N-dealkylation sites (N-methyl/N-ethyl adjacent to an activating group) is 1. The van der Waals surface area contributed by atoms with E-state index in [4.69, 9.17) is 16.0 Å². The van der Waals surface area contributed by atoms with Gasteiger partial charge in [0.15, 0.2) is 0 Å². The molecule has 0 saturated heterocycles. The Morgan fingerprint density at radius 3 is 2.75 bits per heavy atom. The second kappa shape index (κ2) is 5.80. The summed E-state index contributed by atoms with van der Waals surface area (Å²) in [7, 11) is 2.14. The molecule has 0 aliphatic carbocycles. The van der Waals surface area contributed by atoms with Gasteiger partial charge >= 0.3 is 0 Å². The van der Waals surface area contributed by atoms with E-state index in [-0.39, 0.29) is 12.4 Å². The van der Waals surface area contributed by atoms with E-state index in [1.165, 1.54) is 22.1 Å². The fourth-order valence-corrected chi connectivity index (χ4v) is 3.00. The molecule has 4 heteroatoms. The molecule has 0 amide bonds. The standard InChI is InChI=1S/C16H18ClNO.ClH/c1-10(2)8-15-12-9-18(3)7-6-11-13(17)4-5-14(19-15)16(11)12;/h4-5,8H,6-7,9H2,1-3H3;1H. The first-order valence-corrected chi connectivity index (χ1v) is 7.00. The molecule has 0 fully saturated rings. The van der Waals surface area contributed by atoms with E-state index in [2.05, 4.69) is 31.9 Å². The van der Waals surface area contributed by atoms with Crippen molar-refractivity contribution < 1.29 is 4.42 Å². The molecule has 0 N–H and O–H groups in total. The van der Waals surface area contributed by atoms with Crippen LogP contribution in [0.5, 0.6) is 0 Å². The number of rotatable bonds is 1. The summed E-state index contributed by atoms with van der Waals surface area (Å²) in [5.41, 5.74) is 4.71. The molecule has 1 aromatic heterocycles. The molecule has 1 aromatic carbocycles. The Morgan fingerprint density at radius 2 is 2.05 bits per heavy atom. The second-order valence-corrected chi connectivity index (χ2v) is 5.96. The predicted molar refractivity (Wildman–Crippen MR) is 87.8 cm³/mol. The van der Waals surface area contributed by atoms with E-state index < -0.39 is 0 Å². The zero-order valence-corrected chi connectivity index (χ0v) is 13.6. The van der Waals surface area contributed by atoms with Gasteiger partial charge in [-0.05, 0) is 51.1 Å². The Bertz CT molecular complexity index is 669. The first-order valence-electron chi connectivity index (χ1n) is 6.62. The van der Waals surface area contributed by atoms with Crippen molar-refractivity contribution in [3.05, 3.63) is 39.6 Å². The van der Waals surface area contributed by atoms with Gasteiger partial charge in [0, 0.05) is 29.1 Å². The molecule has 1 aliphatic rings. The molecule has 3 rings (SSSR count). The zero-order chi connectivity index (χ0) is 13.6. The molecule has 0 saturated carbocycles. The van der Waals surface area contributed by atoms with E-state index in [0.29, 0.717) is 0 Å². The number of furan rings is 1. The molecule has 2 nitrogen and oxygen atoms in total. The van der Waals surface area contributed by atoms with E-state index in [0.717, 1.165) is 35.9 Å². The summed E-state index contributed by atoms with van der Waals surface area (Å²) in [4.78, 5) is 2.32. The lowest BCUT2D eigenvalue weighted by Crippen LogP contribution is -2.18. The smallest absolute Gasteiger partial charge is 0.135 e. The van der Waals surface area contributed by atoms with Gasteiger partial charge in [0.1, 0.15) is 11.3 Å². The molecule has 0 spiro atoms. The highest BCUT2D eigenvalue weighted by Gasteiger charge is 2.22. The van der Waals surface area contributed by atoms with Crippen molar-refractivity contribution in [3.63, 3.8) is 0 Å². The van der Waals surface area contributed by atoms with Crippen LogP contribution in [0.2, 0.25) is 5.02 Å². The van der Waals surface area contributed by atoms with Crippen molar-refractivity contribution >= 4 is 41.1 Å². The topological polar surface area (TPSA) is 16.4 Å². The summed E-state index contributed by atoms with van der Waals surface area (Å²) >= 11 is 6.37. The molecule has 2 heterocycles. The van der Waals surface area contributed by atoms with Gasteiger partial charge in [0.05, 0.1) is 0 Å². The summed E-state index contributed by atoms with van der Waals surface area (Å²) in [6.45, 7) is 6.13. The Kier molecular flexibility index (Phi) is 4.48. The number of halogens is 2. The third-order valence-corrected chi connectivity index (χ3v) is 3.98. The van der Waals surface area contributed by atoms with Gasteiger partial charge in [0.25, 0.3) is 0 Å². The van der Waals surface area contributed by atoms with Crippen LogP contribution < -0.4 is 0 Å². The van der Waals surface area contributed by atoms with Crippen LogP contribution in [0, 0.1) is 0 Å². The third kappa shape index (κ3) is 2.60. The van der Waals surface area contributed by atoms with Crippen LogP contribution in [0.3, 0.4) is 0 Å². The fourth-order valence-electron chi connectivity index (χ4n) is 2.75. The van der Waals surface area contributed by atoms with Gasteiger partial charge in [-0.15, -0.1) is 12.4 Å². The predicted octanol–water partition coefficient (Wildman–Crippen LogP) is 4.92. The Labute approximate surface area is 130 Å². The van der Waals surface area contributed by atoms with Gasteiger partial charge < -0.3 is 9.32 Å². The van der Waals surface area contributed by atoms with Gasteiger partial charge in [-0.3, -0.25) is 0 Å². The molecule has 0 atom stereocenters. The molecule has 20 heavy (non-hydrogen) atoms. The van der Waals surface area contributed by atoms with E-state index in [1.807, 2.05) is 12.1 Å². The number of nitrogens with zero attached hydrogens (tertiary/aromatic N) is 1. The van der Waals surface area contributed by atoms with Gasteiger partial charge in [0.2, 0.25) is 0 Å². The van der Waals surface area contributed by atoms with Crippen molar-refractivity contribution in [2.24, 2.45) is 0 Å². The highest BCUT2D eigenvalue weighted by atomic mass is 35.5. The quantitative estimate of drug-likeness (QED) is 0.743. The minimum Gasteiger partial charge on any atom is -0.456 e. The molecular weight excluding hydrogens is 293 g/mol. The van der Waals surface area contributed by atoms with Gasteiger partial charge in [-0.25, -0.2) is 0 Å². The van der Waals surface area contributed by atoms with Crippen LogP contribution in [-0.2, 0) is 13.0 Å². The Morgan fingerprint density at radius 1 is 1.30 bits per heavy atom. The second-order valence-electron chi connectivity index (χ2n) is 5.55. The van der Waals surface area contributed by atoms with Crippen LogP contribution in [0.4, 0.5) is 0 Å². The summed E-state index contributed by atoms with van der Waals surface area (Å²) in [6, 6.07) is 3.93. The fraction of sp³-hybridized carbons (Fsp3) is 0.375. The number of hydrogen-bond acceptors (Lipinski definition) is 2. The van der Waals surface area contributed by atoms with Crippen molar-refractivity contribution in [1.29, 1.82) is 0 Å². The molecule has 0 radical (unpaired) electrons. The van der Waals surface area contributed by atoms with Crippen LogP contribution in [0.1, 0.15) is 30.7 Å². The Balaban J connectivity index is 0.00000147. The van der Waals surface area contributed by atoms with Crippen LogP contribution in [0.15, 0.2) is 22.1 Å². The highest BCUT2D eigenvalue weighted by Crippen LogP contribution is 2.36. The zero-order valence-electron chi connectivity index (χ0n) is 12.0. The maximum absolute atomic E-state index is 6.37. The molecule has 0 bridgehead atoms. The molecule has 1 aliphatic heterocycles. The van der Waals surface area contributed by atoms with Crippen molar-refractivity contribution in [3.8, 4) is 0 Å². The number of allylic oxidation sites excluding steroid dienone is 1. The average molecular weight is 312 g/mol. The minimum absolute atomic E-state index is 0. The lowest BCUT2D eigenvalue weighted by Gasteiger charge is -2.13. The summed E-state index contributed by atoms with van der Waals surface area (Å²) in [5, 5.41) is 2.08. The monoisotopic (exact) mass is 311 g/mol. The summed E-state index contributed by atoms with van der Waals surface area (Å²) in [5.74, 6) is 0.979. The lowest BCUT2D eigenvalue weighted by atomic mass is 10.0. The van der Waals surface area contributed by atoms with Crippen molar-refractivity contribution in [2.75, 3.05) is 13.6 Å². The van der Waals surface area contributed by atoms with Crippen molar-refractivity contribution in [2.45, 2.75) is 26.8 Å². The first-order chi connectivity index (χ1) is 9.06. The third-order valence-electron chi connectivity index (χ3n) is 3.63.